The summed E-state index contributed by atoms with van der Waals surface area (Å²) in [5.74, 6) is 0.285. The standard InChI is InChI=1S/C19H18F3N3OS/c1-12-6-7-13(8-16(12)23-18-24-17(26)11-27-18)10-25(2)15-5-3-4-14(9-15)19(20,21)22/h3-9H,10-11H2,1-2H3,(H,23,24,26). The normalized spacial score (nSPS) is 15.9. The third kappa shape index (κ3) is 4.82. The molecule has 0 bridgehead atoms. The van der Waals surface area contributed by atoms with E-state index in [-0.39, 0.29) is 5.91 Å². The molecule has 0 aromatic heterocycles. The van der Waals surface area contributed by atoms with Gasteiger partial charge >= 0.3 is 6.18 Å². The molecular weight excluding hydrogens is 375 g/mol. The summed E-state index contributed by atoms with van der Waals surface area (Å²) in [6, 6.07) is 11.0. The predicted molar refractivity (Wildman–Crippen MR) is 102 cm³/mol. The number of benzene rings is 2. The molecule has 2 aromatic rings. The third-order valence-corrected chi connectivity index (χ3v) is 4.99. The second-order valence-electron chi connectivity index (χ2n) is 6.28. The molecule has 1 amide bonds. The van der Waals surface area contributed by atoms with Crippen molar-refractivity contribution in [3.8, 4) is 0 Å². The van der Waals surface area contributed by atoms with Crippen molar-refractivity contribution in [3.05, 3.63) is 59.2 Å². The topological polar surface area (TPSA) is 44.7 Å². The number of hydrogen-bond donors (Lipinski definition) is 1. The SMILES string of the molecule is Cc1ccc(CN(C)c2cccc(C(F)(F)F)c2)cc1N=C1NC(=O)CS1. The van der Waals surface area contributed by atoms with Crippen molar-refractivity contribution < 1.29 is 18.0 Å². The number of hydrogen-bond acceptors (Lipinski definition) is 4. The van der Waals surface area contributed by atoms with Crippen LogP contribution in [0.1, 0.15) is 16.7 Å². The molecule has 27 heavy (non-hydrogen) atoms. The van der Waals surface area contributed by atoms with Crippen LogP contribution in [0.15, 0.2) is 47.5 Å². The van der Waals surface area contributed by atoms with E-state index in [4.69, 9.17) is 0 Å². The van der Waals surface area contributed by atoms with E-state index in [9.17, 15) is 18.0 Å². The number of amidine groups is 1. The number of halogens is 3. The van der Waals surface area contributed by atoms with E-state index in [1.54, 1.807) is 18.0 Å². The highest BCUT2D eigenvalue weighted by atomic mass is 32.2. The zero-order chi connectivity index (χ0) is 19.6. The Bertz CT molecular complexity index is 896. The van der Waals surface area contributed by atoms with Crippen LogP contribution in [0.5, 0.6) is 0 Å². The van der Waals surface area contributed by atoms with E-state index >= 15 is 0 Å². The zero-order valence-electron chi connectivity index (χ0n) is 14.8. The number of nitrogens with zero attached hydrogens (tertiary/aromatic N) is 2. The van der Waals surface area contributed by atoms with E-state index in [1.165, 1.54) is 17.8 Å². The Labute approximate surface area is 159 Å². The van der Waals surface area contributed by atoms with Crippen LogP contribution in [0.2, 0.25) is 0 Å². The molecule has 0 aliphatic carbocycles. The molecular formula is C19H18F3N3OS. The molecule has 0 unspecified atom stereocenters. The number of aryl methyl sites for hydroxylation is 1. The fraction of sp³-hybridized carbons (Fsp3) is 0.263. The van der Waals surface area contributed by atoms with Gasteiger partial charge in [-0.3, -0.25) is 4.79 Å². The van der Waals surface area contributed by atoms with Gasteiger partial charge in [0.05, 0.1) is 17.0 Å². The van der Waals surface area contributed by atoms with Gasteiger partial charge < -0.3 is 10.2 Å². The van der Waals surface area contributed by atoms with Gasteiger partial charge in [0.2, 0.25) is 5.91 Å². The Hall–Kier alpha value is -2.48. The first-order chi connectivity index (χ1) is 12.7. The number of rotatable bonds is 4. The number of alkyl halides is 3. The minimum atomic E-state index is -4.37. The second-order valence-corrected chi connectivity index (χ2v) is 7.24. The quantitative estimate of drug-likeness (QED) is 0.832. The molecule has 0 atom stereocenters. The summed E-state index contributed by atoms with van der Waals surface area (Å²) in [6.45, 7) is 2.35. The smallest absolute Gasteiger partial charge is 0.370 e. The maximum Gasteiger partial charge on any atom is 0.416 e. The number of carbonyl (C=O) groups is 1. The molecule has 0 spiro atoms. The molecule has 0 saturated carbocycles. The lowest BCUT2D eigenvalue weighted by atomic mass is 10.1. The van der Waals surface area contributed by atoms with Crippen LogP contribution in [0.4, 0.5) is 24.5 Å². The lowest BCUT2D eigenvalue weighted by Gasteiger charge is -2.21. The van der Waals surface area contributed by atoms with Crippen molar-refractivity contribution >= 4 is 34.2 Å². The van der Waals surface area contributed by atoms with E-state index in [0.29, 0.717) is 23.2 Å². The molecule has 3 rings (SSSR count). The number of anilines is 1. The van der Waals surface area contributed by atoms with Crippen LogP contribution in [-0.2, 0) is 17.5 Å². The highest BCUT2D eigenvalue weighted by molar-refractivity contribution is 8.15. The summed E-state index contributed by atoms with van der Waals surface area (Å²) in [5.41, 5.74) is 2.41. The van der Waals surface area contributed by atoms with Crippen molar-refractivity contribution in [2.45, 2.75) is 19.6 Å². The summed E-state index contributed by atoms with van der Waals surface area (Å²) in [7, 11) is 1.74. The van der Waals surface area contributed by atoms with Gasteiger partial charge in [0.1, 0.15) is 0 Å². The first kappa shape index (κ1) is 19.3. The van der Waals surface area contributed by atoms with Crippen LogP contribution < -0.4 is 10.2 Å². The molecule has 1 fully saturated rings. The van der Waals surface area contributed by atoms with Gasteiger partial charge in [-0.2, -0.15) is 13.2 Å². The van der Waals surface area contributed by atoms with Crippen molar-refractivity contribution in [3.63, 3.8) is 0 Å². The van der Waals surface area contributed by atoms with E-state index in [1.807, 2.05) is 25.1 Å². The van der Waals surface area contributed by atoms with Gasteiger partial charge in [-0.05, 0) is 42.3 Å². The lowest BCUT2D eigenvalue weighted by molar-refractivity contribution is -0.137. The van der Waals surface area contributed by atoms with Gasteiger partial charge in [-0.15, -0.1) is 0 Å². The summed E-state index contributed by atoms with van der Waals surface area (Å²) in [6.07, 6.45) is -4.37. The fourth-order valence-corrected chi connectivity index (χ4v) is 3.34. The first-order valence-corrected chi connectivity index (χ1v) is 9.20. The molecule has 142 valence electrons. The van der Waals surface area contributed by atoms with Gasteiger partial charge in [0, 0.05) is 19.3 Å². The Morgan fingerprint density at radius 1 is 1.22 bits per heavy atom. The maximum absolute atomic E-state index is 12.9. The van der Waals surface area contributed by atoms with Crippen LogP contribution in [0.25, 0.3) is 0 Å². The van der Waals surface area contributed by atoms with E-state index < -0.39 is 11.7 Å². The molecule has 1 saturated heterocycles. The number of carbonyl (C=O) groups excluding carboxylic acids is 1. The number of thioether (sulfide) groups is 1. The molecule has 1 aliphatic rings. The Kier molecular flexibility index (Phi) is 5.46. The fourth-order valence-electron chi connectivity index (χ4n) is 2.65. The van der Waals surface area contributed by atoms with Crippen LogP contribution in [0, 0.1) is 6.92 Å². The predicted octanol–water partition coefficient (Wildman–Crippen LogP) is 4.50. The average Bonchev–Trinajstić information content (AvgIpc) is 3.02. The summed E-state index contributed by atoms with van der Waals surface area (Å²) < 4.78 is 38.7. The minimum Gasteiger partial charge on any atom is -0.370 e. The van der Waals surface area contributed by atoms with Gasteiger partial charge in [-0.1, -0.05) is 30.0 Å². The lowest BCUT2D eigenvalue weighted by Crippen LogP contribution is -2.20. The first-order valence-electron chi connectivity index (χ1n) is 8.21. The Morgan fingerprint density at radius 2 is 2.00 bits per heavy atom. The van der Waals surface area contributed by atoms with Crippen molar-refractivity contribution in [2.24, 2.45) is 4.99 Å². The van der Waals surface area contributed by atoms with Crippen molar-refractivity contribution in [2.75, 3.05) is 17.7 Å². The van der Waals surface area contributed by atoms with Crippen LogP contribution >= 0.6 is 11.8 Å². The monoisotopic (exact) mass is 393 g/mol. The molecule has 8 heteroatoms. The summed E-state index contributed by atoms with van der Waals surface area (Å²) in [4.78, 5) is 17.5. The molecule has 4 nitrogen and oxygen atoms in total. The van der Waals surface area contributed by atoms with Crippen molar-refractivity contribution in [1.29, 1.82) is 0 Å². The van der Waals surface area contributed by atoms with Gasteiger partial charge in [0.15, 0.2) is 5.17 Å². The summed E-state index contributed by atoms with van der Waals surface area (Å²) in [5, 5.41) is 3.25. The van der Waals surface area contributed by atoms with Crippen LogP contribution in [0.3, 0.4) is 0 Å². The average molecular weight is 393 g/mol. The molecule has 0 radical (unpaired) electrons. The van der Waals surface area contributed by atoms with Crippen LogP contribution in [-0.4, -0.2) is 23.9 Å². The number of amides is 1. The molecule has 1 N–H and O–H groups in total. The third-order valence-electron chi connectivity index (χ3n) is 4.12. The molecule has 2 aromatic carbocycles. The Morgan fingerprint density at radius 3 is 2.67 bits per heavy atom. The van der Waals surface area contributed by atoms with Gasteiger partial charge in [0.25, 0.3) is 0 Å². The highest BCUT2D eigenvalue weighted by Crippen LogP contribution is 2.32. The van der Waals surface area contributed by atoms with Gasteiger partial charge in [-0.25, -0.2) is 4.99 Å². The number of aliphatic imine (C=N–C) groups is 1. The molecule has 1 aliphatic heterocycles. The van der Waals surface area contributed by atoms with Crippen molar-refractivity contribution in [1.82, 2.24) is 5.32 Å². The van der Waals surface area contributed by atoms with E-state index in [2.05, 4.69) is 10.3 Å². The maximum atomic E-state index is 12.9. The molecule has 1 heterocycles. The zero-order valence-corrected chi connectivity index (χ0v) is 15.6. The van der Waals surface area contributed by atoms with E-state index in [0.717, 1.165) is 28.9 Å². The number of nitrogens with one attached hydrogen (secondary N) is 1. The Balaban J connectivity index is 1.80. The summed E-state index contributed by atoms with van der Waals surface area (Å²) >= 11 is 1.35. The minimum absolute atomic E-state index is 0.0724. The second kappa shape index (κ2) is 7.64. The highest BCUT2D eigenvalue weighted by Gasteiger charge is 2.30. The largest absolute Gasteiger partial charge is 0.416 e.